The Labute approximate surface area is 235 Å². The molecule has 1 N–H and O–H groups in total. The fraction of sp³-hybridized carbons (Fsp3) is 0.344. The summed E-state index contributed by atoms with van der Waals surface area (Å²) in [4.78, 5) is 35.2. The average molecular weight is 541 g/mol. The zero-order chi connectivity index (χ0) is 28.1. The third-order valence-electron chi connectivity index (χ3n) is 7.38. The Kier molecular flexibility index (Phi) is 8.45. The number of hydrogen-bond donors (Lipinski definition) is 1. The van der Waals surface area contributed by atoms with Crippen LogP contribution in [0.5, 0.6) is 0 Å². The van der Waals surface area contributed by atoms with Crippen molar-refractivity contribution in [2.75, 3.05) is 13.1 Å². The standard InChI is InChI=1S/C32H36N4O4/c1-22(2)32(38)36-23(3)19-35(20-27-8-5-4-7-26(27)17-30-33-14-16-40-30)21-28(36)31(37)34-18-24-10-12-25(13-11-24)29-9-6-15-39-29/h4-16,22-23,28H,17-21H2,1-3H3,(H,34,37). The Morgan fingerprint density at radius 2 is 1.75 bits per heavy atom. The van der Waals surface area contributed by atoms with E-state index in [9.17, 15) is 9.59 Å². The number of nitrogens with one attached hydrogen (secondary N) is 1. The SMILES string of the molecule is CC(C)C(=O)N1C(C)CN(Cc2ccccc2Cc2ncco2)CC1C(=O)NCc1ccc(-c2ccco2)cc1. The molecule has 2 aromatic heterocycles. The maximum atomic E-state index is 13.6. The van der Waals surface area contributed by atoms with Crippen LogP contribution in [0.25, 0.3) is 11.3 Å². The first-order valence-electron chi connectivity index (χ1n) is 13.8. The van der Waals surface area contributed by atoms with E-state index in [0.717, 1.165) is 28.0 Å². The van der Waals surface area contributed by atoms with E-state index < -0.39 is 6.04 Å². The molecular weight excluding hydrogens is 504 g/mol. The summed E-state index contributed by atoms with van der Waals surface area (Å²) in [6.07, 6.45) is 5.49. The van der Waals surface area contributed by atoms with Crippen LogP contribution in [0.1, 0.15) is 43.4 Å². The molecule has 208 valence electrons. The lowest BCUT2D eigenvalue weighted by molar-refractivity contribution is -0.150. The van der Waals surface area contributed by atoms with Gasteiger partial charge in [-0.2, -0.15) is 0 Å². The van der Waals surface area contributed by atoms with Crippen molar-refractivity contribution < 1.29 is 18.4 Å². The molecule has 3 heterocycles. The Morgan fingerprint density at radius 1 is 0.975 bits per heavy atom. The van der Waals surface area contributed by atoms with Crippen molar-refractivity contribution >= 4 is 11.8 Å². The lowest BCUT2D eigenvalue weighted by atomic mass is 9.99. The second kappa shape index (κ2) is 12.3. The molecule has 0 spiro atoms. The first-order valence-corrected chi connectivity index (χ1v) is 13.8. The van der Waals surface area contributed by atoms with E-state index in [4.69, 9.17) is 8.83 Å². The molecule has 2 unspecified atom stereocenters. The number of aromatic nitrogens is 1. The van der Waals surface area contributed by atoms with Gasteiger partial charge >= 0.3 is 0 Å². The number of piperazine rings is 1. The zero-order valence-electron chi connectivity index (χ0n) is 23.2. The van der Waals surface area contributed by atoms with Gasteiger partial charge in [0.2, 0.25) is 11.8 Å². The average Bonchev–Trinajstić information content (AvgIpc) is 3.67. The lowest BCUT2D eigenvalue weighted by Gasteiger charge is -2.45. The minimum atomic E-state index is -0.583. The van der Waals surface area contributed by atoms with Crippen LogP contribution in [0.15, 0.2) is 88.2 Å². The van der Waals surface area contributed by atoms with Crippen molar-refractivity contribution in [1.29, 1.82) is 0 Å². The molecule has 4 aromatic rings. The molecule has 0 aliphatic carbocycles. The van der Waals surface area contributed by atoms with Gasteiger partial charge < -0.3 is 19.1 Å². The van der Waals surface area contributed by atoms with Gasteiger partial charge in [0.05, 0.1) is 12.5 Å². The van der Waals surface area contributed by atoms with Crippen LogP contribution >= 0.6 is 0 Å². The summed E-state index contributed by atoms with van der Waals surface area (Å²) in [5.74, 6) is 1.13. The number of nitrogens with zero attached hydrogens (tertiary/aromatic N) is 3. The predicted molar refractivity (Wildman–Crippen MR) is 152 cm³/mol. The van der Waals surface area contributed by atoms with Gasteiger partial charge in [-0.1, -0.05) is 62.4 Å². The van der Waals surface area contributed by atoms with Gasteiger partial charge in [0.25, 0.3) is 0 Å². The van der Waals surface area contributed by atoms with Crippen LogP contribution < -0.4 is 5.32 Å². The summed E-state index contributed by atoms with van der Waals surface area (Å²) in [5, 5.41) is 3.09. The Morgan fingerprint density at radius 3 is 2.42 bits per heavy atom. The smallest absolute Gasteiger partial charge is 0.244 e. The monoisotopic (exact) mass is 540 g/mol. The molecule has 2 amide bonds. The summed E-state index contributed by atoms with van der Waals surface area (Å²) in [6, 6.07) is 19.2. The third kappa shape index (κ3) is 6.34. The maximum Gasteiger partial charge on any atom is 0.244 e. The molecule has 1 aliphatic heterocycles. The minimum Gasteiger partial charge on any atom is -0.464 e. The number of benzene rings is 2. The van der Waals surface area contributed by atoms with E-state index in [2.05, 4.69) is 27.3 Å². The fourth-order valence-electron chi connectivity index (χ4n) is 5.35. The second-order valence-corrected chi connectivity index (χ2v) is 10.7. The normalized spacial score (nSPS) is 17.8. The number of rotatable bonds is 9. The summed E-state index contributed by atoms with van der Waals surface area (Å²) >= 11 is 0. The van der Waals surface area contributed by atoms with Crippen LogP contribution in [0.4, 0.5) is 0 Å². The Balaban J connectivity index is 1.29. The van der Waals surface area contributed by atoms with Crippen LogP contribution in [0.3, 0.4) is 0 Å². The van der Waals surface area contributed by atoms with E-state index in [0.29, 0.717) is 38.5 Å². The molecule has 2 atom stereocenters. The number of oxazole rings is 1. The minimum absolute atomic E-state index is 0.000561. The molecule has 1 saturated heterocycles. The van der Waals surface area contributed by atoms with Gasteiger partial charge in [-0.05, 0) is 35.7 Å². The molecule has 0 saturated carbocycles. The topological polar surface area (TPSA) is 91.8 Å². The molecule has 0 bridgehead atoms. The van der Waals surface area contributed by atoms with Crippen molar-refractivity contribution in [3.63, 3.8) is 0 Å². The van der Waals surface area contributed by atoms with Crippen molar-refractivity contribution in [1.82, 2.24) is 20.1 Å². The van der Waals surface area contributed by atoms with Gasteiger partial charge in [0.15, 0.2) is 5.89 Å². The van der Waals surface area contributed by atoms with Crippen LogP contribution in [0.2, 0.25) is 0 Å². The van der Waals surface area contributed by atoms with Gasteiger partial charge in [0.1, 0.15) is 18.1 Å². The number of carbonyl (C=O) groups is 2. The zero-order valence-corrected chi connectivity index (χ0v) is 23.2. The van der Waals surface area contributed by atoms with E-state index in [1.165, 1.54) is 0 Å². The molecule has 1 fully saturated rings. The number of furan rings is 1. The molecule has 1 aliphatic rings. The Bertz CT molecular complexity index is 1400. The molecule has 8 nitrogen and oxygen atoms in total. The first-order chi connectivity index (χ1) is 19.4. The van der Waals surface area contributed by atoms with Crippen LogP contribution in [-0.2, 0) is 29.1 Å². The summed E-state index contributed by atoms with van der Waals surface area (Å²) < 4.78 is 10.9. The molecular formula is C32H36N4O4. The van der Waals surface area contributed by atoms with Crippen molar-refractivity contribution in [3.8, 4) is 11.3 Å². The van der Waals surface area contributed by atoms with Gasteiger partial charge in [-0.3, -0.25) is 14.5 Å². The Hall–Kier alpha value is -4.17. The summed E-state index contributed by atoms with van der Waals surface area (Å²) in [5.41, 5.74) is 4.25. The quantitative estimate of drug-likeness (QED) is 0.325. The maximum absolute atomic E-state index is 13.6. The molecule has 40 heavy (non-hydrogen) atoms. The van der Waals surface area contributed by atoms with Gasteiger partial charge in [0, 0.05) is 50.1 Å². The van der Waals surface area contributed by atoms with Crippen molar-refractivity contribution in [2.45, 2.75) is 52.4 Å². The van der Waals surface area contributed by atoms with Crippen LogP contribution in [0, 0.1) is 5.92 Å². The lowest BCUT2D eigenvalue weighted by Crippen LogP contribution is -2.64. The van der Waals surface area contributed by atoms with Gasteiger partial charge in [-0.15, -0.1) is 0 Å². The second-order valence-electron chi connectivity index (χ2n) is 10.7. The van der Waals surface area contributed by atoms with E-state index >= 15 is 0 Å². The third-order valence-corrected chi connectivity index (χ3v) is 7.38. The van der Waals surface area contributed by atoms with Crippen molar-refractivity contribution in [2.24, 2.45) is 5.92 Å². The molecule has 0 radical (unpaired) electrons. The van der Waals surface area contributed by atoms with Crippen LogP contribution in [-0.4, -0.2) is 51.8 Å². The highest BCUT2D eigenvalue weighted by Gasteiger charge is 2.40. The molecule has 5 rings (SSSR count). The molecule has 8 heteroatoms. The van der Waals surface area contributed by atoms with E-state index in [1.807, 2.05) is 69.3 Å². The highest BCUT2D eigenvalue weighted by Crippen LogP contribution is 2.24. The predicted octanol–water partition coefficient (Wildman–Crippen LogP) is 4.90. The number of carbonyl (C=O) groups excluding carboxylic acids is 2. The van der Waals surface area contributed by atoms with Crippen molar-refractivity contribution in [3.05, 3.63) is 102 Å². The summed E-state index contributed by atoms with van der Waals surface area (Å²) in [7, 11) is 0. The van der Waals surface area contributed by atoms with E-state index in [1.54, 1.807) is 23.6 Å². The van der Waals surface area contributed by atoms with E-state index in [-0.39, 0.29) is 23.8 Å². The first kappa shape index (κ1) is 27.4. The molecule has 2 aromatic carbocycles. The number of hydrogen-bond acceptors (Lipinski definition) is 6. The summed E-state index contributed by atoms with van der Waals surface area (Å²) in [6.45, 7) is 7.99. The highest BCUT2D eigenvalue weighted by atomic mass is 16.3. The highest BCUT2D eigenvalue weighted by molar-refractivity contribution is 5.89. The van der Waals surface area contributed by atoms with Gasteiger partial charge in [-0.25, -0.2) is 4.98 Å². The fourth-order valence-corrected chi connectivity index (χ4v) is 5.35. The largest absolute Gasteiger partial charge is 0.464 e. The number of amides is 2.